The predicted molar refractivity (Wildman–Crippen MR) is 81.3 cm³/mol. The number of rotatable bonds is 6. The van der Waals surface area contributed by atoms with Gasteiger partial charge in [0.2, 0.25) is 5.09 Å². The number of likely N-dealkylation sites (N-methyl/N-ethyl adjacent to an activating group) is 1. The number of nitrogens with two attached hydrogens (primary N) is 1. The van der Waals surface area contributed by atoms with Crippen LogP contribution in [-0.2, 0) is 16.6 Å². The van der Waals surface area contributed by atoms with Crippen molar-refractivity contribution in [3.8, 4) is 0 Å². The van der Waals surface area contributed by atoms with Gasteiger partial charge in [0.1, 0.15) is 5.76 Å². The van der Waals surface area contributed by atoms with Crippen molar-refractivity contribution in [1.29, 1.82) is 0 Å². The first-order valence-electron chi connectivity index (χ1n) is 7.33. The molecule has 1 fully saturated rings. The van der Waals surface area contributed by atoms with Crippen LogP contribution in [0.1, 0.15) is 37.9 Å². The summed E-state index contributed by atoms with van der Waals surface area (Å²) in [4.78, 5) is 2.30. The summed E-state index contributed by atoms with van der Waals surface area (Å²) in [6, 6.07) is 3.05. The summed E-state index contributed by atoms with van der Waals surface area (Å²) in [5.74, 6) is 0.587. The third-order valence-corrected chi connectivity index (χ3v) is 5.18. The molecule has 1 aromatic rings. The Morgan fingerprint density at radius 3 is 2.48 bits per heavy atom. The fraction of sp³-hybridized carbons (Fsp3) is 0.714. The molecule has 0 atom stereocenters. The molecule has 1 heterocycles. The molecule has 21 heavy (non-hydrogen) atoms. The van der Waals surface area contributed by atoms with E-state index < -0.39 is 10.0 Å². The molecule has 0 spiro atoms. The first kappa shape index (κ1) is 16.5. The number of primary sulfonamides is 1. The number of furan rings is 1. The molecule has 1 aromatic heterocycles. The zero-order chi connectivity index (χ0) is 15.5. The highest BCUT2D eigenvalue weighted by molar-refractivity contribution is 7.89. The fourth-order valence-corrected chi connectivity index (χ4v) is 3.50. The van der Waals surface area contributed by atoms with Crippen molar-refractivity contribution in [2.75, 3.05) is 20.6 Å². The summed E-state index contributed by atoms with van der Waals surface area (Å²) in [5, 5.41) is 8.23. The maximum absolute atomic E-state index is 11.2. The van der Waals surface area contributed by atoms with Crippen molar-refractivity contribution < 1.29 is 12.8 Å². The van der Waals surface area contributed by atoms with Gasteiger partial charge in [-0.1, -0.05) is 19.3 Å². The number of hydrogen-bond donors (Lipinski definition) is 2. The Labute approximate surface area is 126 Å². The van der Waals surface area contributed by atoms with Crippen molar-refractivity contribution in [2.24, 2.45) is 5.14 Å². The van der Waals surface area contributed by atoms with E-state index in [1.165, 1.54) is 38.2 Å². The Balaban J connectivity index is 1.92. The normalized spacial score (nSPS) is 19.0. The van der Waals surface area contributed by atoms with E-state index in [0.717, 1.165) is 6.54 Å². The largest absolute Gasteiger partial charge is 0.447 e. The van der Waals surface area contributed by atoms with Gasteiger partial charge in [0.15, 0.2) is 0 Å². The Morgan fingerprint density at radius 1 is 1.29 bits per heavy atom. The molecule has 120 valence electrons. The van der Waals surface area contributed by atoms with E-state index in [1.54, 1.807) is 6.07 Å². The summed E-state index contributed by atoms with van der Waals surface area (Å²) < 4.78 is 27.6. The van der Waals surface area contributed by atoms with Crippen LogP contribution in [0, 0.1) is 0 Å². The van der Waals surface area contributed by atoms with E-state index in [4.69, 9.17) is 9.56 Å². The summed E-state index contributed by atoms with van der Waals surface area (Å²) in [7, 11) is 0.492. The van der Waals surface area contributed by atoms with E-state index in [9.17, 15) is 8.42 Å². The smallest absolute Gasteiger partial charge is 0.271 e. The molecule has 0 saturated heterocycles. The molecule has 3 N–H and O–H groups in total. The molecule has 6 nitrogen and oxygen atoms in total. The van der Waals surface area contributed by atoms with Gasteiger partial charge in [-0.25, -0.2) is 13.6 Å². The molecule has 0 amide bonds. The summed E-state index contributed by atoms with van der Waals surface area (Å²) in [6.07, 6.45) is 6.21. The lowest BCUT2D eigenvalue weighted by Crippen LogP contribution is -2.52. The van der Waals surface area contributed by atoms with Crippen LogP contribution in [0.2, 0.25) is 0 Å². The fourth-order valence-electron chi connectivity index (χ4n) is 3.02. The monoisotopic (exact) mass is 315 g/mol. The van der Waals surface area contributed by atoms with E-state index in [2.05, 4.69) is 24.3 Å². The number of sulfonamides is 1. The third kappa shape index (κ3) is 4.06. The molecule has 0 radical (unpaired) electrons. The standard InChI is InChI=1S/C14H25N3O3S/c1-17(2)14(8-4-3-5-9-14)11-16-10-12-6-7-13(20-12)21(15,18)19/h6-7,16H,3-5,8-11H2,1-2H3,(H2,15,18,19). The van der Waals surface area contributed by atoms with Crippen molar-refractivity contribution >= 4 is 10.0 Å². The average molecular weight is 315 g/mol. The molecule has 1 aliphatic carbocycles. The lowest BCUT2D eigenvalue weighted by atomic mass is 9.80. The topological polar surface area (TPSA) is 88.6 Å². The second-order valence-electron chi connectivity index (χ2n) is 6.05. The minimum absolute atomic E-state index is 0.181. The molecule has 0 aliphatic heterocycles. The summed E-state index contributed by atoms with van der Waals surface area (Å²) in [5.41, 5.74) is 0.188. The van der Waals surface area contributed by atoms with Crippen LogP contribution >= 0.6 is 0 Å². The summed E-state index contributed by atoms with van der Waals surface area (Å²) >= 11 is 0. The molecule has 0 aromatic carbocycles. The maximum Gasteiger partial charge on any atom is 0.271 e. The van der Waals surface area contributed by atoms with E-state index >= 15 is 0 Å². The van der Waals surface area contributed by atoms with Gasteiger partial charge in [0.25, 0.3) is 10.0 Å². The quantitative estimate of drug-likeness (QED) is 0.825. The van der Waals surface area contributed by atoms with Gasteiger partial charge in [0, 0.05) is 12.1 Å². The zero-order valence-electron chi connectivity index (χ0n) is 12.8. The van der Waals surface area contributed by atoms with Gasteiger partial charge in [-0.3, -0.25) is 0 Å². The van der Waals surface area contributed by atoms with Crippen molar-refractivity contribution in [3.05, 3.63) is 17.9 Å². The van der Waals surface area contributed by atoms with Gasteiger partial charge in [0.05, 0.1) is 6.54 Å². The van der Waals surface area contributed by atoms with Crippen LogP contribution in [0.3, 0.4) is 0 Å². The maximum atomic E-state index is 11.2. The number of hydrogen-bond acceptors (Lipinski definition) is 5. The third-order valence-electron chi connectivity index (χ3n) is 4.40. The van der Waals surface area contributed by atoms with Crippen LogP contribution < -0.4 is 10.5 Å². The van der Waals surface area contributed by atoms with Gasteiger partial charge < -0.3 is 14.6 Å². The Kier molecular flexibility index (Phi) is 5.08. The van der Waals surface area contributed by atoms with Gasteiger partial charge >= 0.3 is 0 Å². The van der Waals surface area contributed by atoms with Crippen molar-refractivity contribution in [2.45, 2.75) is 49.3 Å². The highest BCUT2D eigenvalue weighted by Gasteiger charge is 2.33. The highest BCUT2D eigenvalue weighted by Crippen LogP contribution is 2.31. The van der Waals surface area contributed by atoms with Gasteiger partial charge in [-0.15, -0.1) is 0 Å². The average Bonchev–Trinajstić information content (AvgIpc) is 2.88. The second kappa shape index (κ2) is 6.48. The molecule has 7 heteroatoms. The van der Waals surface area contributed by atoms with E-state index in [1.807, 2.05) is 0 Å². The van der Waals surface area contributed by atoms with E-state index in [-0.39, 0.29) is 10.6 Å². The first-order chi connectivity index (χ1) is 9.83. The Hall–Kier alpha value is -0.890. The van der Waals surface area contributed by atoms with Crippen LogP contribution in [0.15, 0.2) is 21.6 Å². The molecule has 2 rings (SSSR count). The minimum atomic E-state index is -3.76. The lowest BCUT2D eigenvalue weighted by molar-refractivity contribution is 0.0977. The SMILES string of the molecule is CN(C)C1(CNCc2ccc(S(N)(=O)=O)o2)CCCCC1. The molecule has 1 saturated carbocycles. The summed E-state index contributed by atoms with van der Waals surface area (Å²) in [6.45, 7) is 1.37. The van der Waals surface area contributed by atoms with E-state index in [0.29, 0.717) is 12.3 Å². The van der Waals surface area contributed by atoms with Crippen LogP contribution in [0.25, 0.3) is 0 Å². The van der Waals surface area contributed by atoms with Crippen molar-refractivity contribution in [3.63, 3.8) is 0 Å². The lowest BCUT2D eigenvalue weighted by Gasteiger charge is -2.43. The van der Waals surface area contributed by atoms with Gasteiger partial charge in [-0.2, -0.15) is 0 Å². The Bertz CT molecular complexity index is 560. The second-order valence-corrected chi connectivity index (χ2v) is 7.54. The minimum Gasteiger partial charge on any atom is -0.447 e. The zero-order valence-corrected chi connectivity index (χ0v) is 13.6. The van der Waals surface area contributed by atoms with Crippen LogP contribution in [0.5, 0.6) is 0 Å². The number of nitrogens with zero attached hydrogens (tertiary/aromatic N) is 1. The molecule has 0 unspecified atom stereocenters. The van der Waals surface area contributed by atoms with Crippen molar-refractivity contribution in [1.82, 2.24) is 10.2 Å². The number of nitrogens with one attached hydrogen (secondary N) is 1. The molecular formula is C14H25N3O3S. The molecule has 0 bridgehead atoms. The predicted octanol–water partition coefficient (Wildman–Crippen LogP) is 1.28. The first-order valence-corrected chi connectivity index (χ1v) is 8.88. The molecular weight excluding hydrogens is 290 g/mol. The molecule has 1 aliphatic rings. The van der Waals surface area contributed by atoms with Crippen LogP contribution in [-0.4, -0.2) is 39.5 Å². The Morgan fingerprint density at radius 2 is 1.95 bits per heavy atom. The van der Waals surface area contributed by atoms with Gasteiger partial charge in [-0.05, 0) is 39.1 Å². The van der Waals surface area contributed by atoms with Crippen LogP contribution in [0.4, 0.5) is 0 Å². The highest BCUT2D eigenvalue weighted by atomic mass is 32.2.